The van der Waals surface area contributed by atoms with Gasteiger partial charge in [-0.05, 0) is 37.6 Å². The second kappa shape index (κ2) is 9.62. The Hall–Kier alpha value is -2.71. The zero-order valence-electron chi connectivity index (χ0n) is 18.5. The van der Waals surface area contributed by atoms with E-state index in [1.807, 2.05) is 43.0 Å². The van der Waals surface area contributed by atoms with Crippen LogP contribution in [-0.2, 0) is 0 Å². The Morgan fingerprint density at radius 2 is 1.45 bits per heavy atom. The van der Waals surface area contributed by atoms with E-state index in [-0.39, 0.29) is 12.5 Å². The molecule has 1 N–H and O–H groups in total. The first kappa shape index (κ1) is 21.5. The van der Waals surface area contributed by atoms with Crippen LogP contribution in [0.5, 0.6) is 0 Å². The summed E-state index contributed by atoms with van der Waals surface area (Å²) in [6.07, 6.45) is 0. The van der Waals surface area contributed by atoms with E-state index in [9.17, 15) is 4.79 Å². The molecule has 0 radical (unpaired) electrons. The molecular formula is C23H32N6O2. The molecule has 3 heterocycles. The zero-order valence-corrected chi connectivity index (χ0v) is 18.5. The molecule has 166 valence electrons. The predicted octanol–water partition coefficient (Wildman–Crippen LogP) is 1.17. The Labute approximate surface area is 184 Å². The first-order valence-corrected chi connectivity index (χ1v) is 11.1. The smallest absolute Gasteiger partial charge is 0.254 e. The molecule has 2 aromatic rings. The summed E-state index contributed by atoms with van der Waals surface area (Å²) in [6, 6.07) is 10.1. The fourth-order valence-electron chi connectivity index (χ4n) is 4.36. The van der Waals surface area contributed by atoms with Gasteiger partial charge in [0.1, 0.15) is 0 Å². The summed E-state index contributed by atoms with van der Waals surface area (Å²) in [5.74, 6) is 1.87. The van der Waals surface area contributed by atoms with Crippen LogP contribution in [0, 0.1) is 13.8 Å². The van der Waals surface area contributed by atoms with Crippen LogP contribution >= 0.6 is 0 Å². The van der Waals surface area contributed by atoms with Gasteiger partial charge in [-0.1, -0.05) is 17.7 Å². The highest BCUT2D eigenvalue weighted by Gasteiger charge is 2.24. The van der Waals surface area contributed by atoms with Crippen LogP contribution in [0.1, 0.15) is 21.5 Å². The van der Waals surface area contributed by atoms with Gasteiger partial charge in [0.25, 0.3) is 5.91 Å². The highest BCUT2D eigenvalue weighted by Crippen LogP contribution is 2.19. The van der Waals surface area contributed by atoms with Crippen LogP contribution in [0.3, 0.4) is 0 Å². The number of nitrogens with zero attached hydrogens (tertiary/aromatic N) is 6. The Morgan fingerprint density at radius 1 is 0.871 bits per heavy atom. The summed E-state index contributed by atoms with van der Waals surface area (Å²) in [7, 11) is 0. The number of aromatic nitrogens is 2. The summed E-state index contributed by atoms with van der Waals surface area (Å²) in [5, 5.41) is 18.0. The second-order valence-corrected chi connectivity index (χ2v) is 8.40. The number of aliphatic hydroxyl groups is 1. The van der Waals surface area contributed by atoms with Crippen molar-refractivity contribution in [3.05, 3.63) is 47.0 Å². The van der Waals surface area contributed by atoms with E-state index in [4.69, 9.17) is 5.11 Å². The molecule has 2 aliphatic rings. The van der Waals surface area contributed by atoms with Gasteiger partial charge in [0.15, 0.2) is 11.6 Å². The molecule has 8 heteroatoms. The first-order valence-electron chi connectivity index (χ1n) is 11.1. The lowest BCUT2D eigenvalue weighted by Gasteiger charge is -2.36. The normalized spacial score (nSPS) is 17.8. The molecule has 1 amide bonds. The number of carbonyl (C=O) groups is 1. The Balaban J connectivity index is 1.31. The lowest BCUT2D eigenvalue weighted by molar-refractivity contribution is 0.0745. The van der Waals surface area contributed by atoms with Crippen molar-refractivity contribution in [3.8, 4) is 0 Å². The molecule has 0 unspecified atom stereocenters. The van der Waals surface area contributed by atoms with E-state index in [0.717, 1.165) is 68.6 Å². The number of anilines is 2. The van der Waals surface area contributed by atoms with E-state index in [0.29, 0.717) is 13.1 Å². The van der Waals surface area contributed by atoms with Crippen LogP contribution in [0.15, 0.2) is 30.3 Å². The van der Waals surface area contributed by atoms with Crippen molar-refractivity contribution < 1.29 is 9.90 Å². The number of piperazine rings is 2. The number of hydrogen-bond acceptors (Lipinski definition) is 7. The third-order valence-electron chi connectivity index (χ3n) is 6.25. The predicted molar refractivity (Wildman–Crippen MR) is 122 cm³/mol. The molecule has 1 aromatic carbocycles. The van der Waals surface area contributed by atoms with Gasteiger partial charge in [-0.3, -0.25) is 9.69 Å². The van der Waals surface area contributed by atoms with Gasteiger partial charge in [0, 0.05) is 64.5 Å². The van der Waals surface area contributed by atoms with Crippen molar-refractivity contribution in [2.24, 2.45) is 0 Å². The first-order chi connectivity index (χ1) is 15.0. The van der Waals surface area contributed by atoms with Gasteiger partial charge >= 0.3 is 0 Å². The SMILES string of the molecule is Cc1ccc(C(=O)N2CCN(c3ccc(N4CCN(CCO)CC4)nn3)CC2)c(C)c1. The third-order valence-corrected chi connectivity index (χ3v) is 6.25. The molecule has 0 atom stereocenters. The molecule has 0 aliphatic carbocycles. The average molecular weight is 425 g/mol. The minimum Gasteiger partial charge on any atom is -0.395 e. The molecular weight excluding hydrogens is 392 g/mol. The third kappa shape index (κ3) is 4.97. The van der Waals surface area contributed by atoms with Gasteiger partial charge < -0.3 is 19.8 Å². The van der Waals surface area contributed by atoms with Crippen LogP contribution in [0.2, 0.25) is 0 Å². The van der Waals surface area contributed by atoms with Crippen LogP contribution in [0.25, 0.3) is 0 Å². The van der Waals surface area contributed by atoms with Gasteiger partial charge in [-0.15, -0.1) is 10.2 Å². The van der Waals surface area contributed by atoms with E-state index in [1.54, 1.807) is 0 Å². The number of aryl methyl sites for hydroxylation is 2. The standard InChI is InChI=1S/C23H32N6O2/c1-18-3-4-20(19(2)17-18)23(31)29-13-11-28(12-14-29)22-6-5-21(24-25-22)27-9-7-26(8-10-27)15-16-30/h3-6,17,30H,7-16H2,1-2H3. The molecule has 0 saturated carbocycles. The van der Waals surface area contributed by atoms with E-state index >= 15 is 0 Å². The molecule has 2 saturated heterocycles. The topological polar surface area (TPSA) is 76.0 Å². The number of carbonyl (C=O) groups excluding carboxylic acids is 1. The van der Waals surface area contributed by atoms with E-state index in [1.165, 1.54) is 5.56 Å². The van der Waals surface area contributed by atoms with Crippen LogP contribution < -0.4 is 9.80 Å². The second-order valence-electron chi connectivity index (χ2n) is 8.40. The summed E-state index contributed by atoms with van der Waals surface area (Å²) in [4.78, 5) is 21.5. The monoisotopic (exact) mass is 424 g/mol. The number of amides is 1. The minimum absolute atomic E-state index is 0.110. The van der Waals surface area contributed by atoms with Gasteiger partial charge in [0.05, 0.1) is 6.61 Å². The van der Waals surface area contributed by atoms with Crippen LogP contribution in [0.4, 0.5) is 11.6 Å². The van der Waals surface area contributed by atoms with Crippen molar-refractivity contribution in [1.29, 1.82) is 0 Å². The van der Waals surface area contributed by atoms with Crippen molar-refractivity contribution in [2.45, 2.75) is 13.8 Å². The summed E-state index contributed by atoms with van der Waals surface area (Å²) in [5.41, 5.74) is 3.00. The molecule has 1 aromatic heterocycles. The number of β-amino-alcohol motifs (C(OH)–C–C–N with tert-alkyl or cyclic N) is 1. The lowest BCUT2D eigenvalue weighted by Crippen LogP contribution is -2.49. The average Bonchev–Trinajstić information content (AvgIpc) is 2.80. The maximum atomic E-state index is 12.9. The zero-order chi connectivity index (χ0) is 21.8. The van der Waals surface area contributed by atoms with Gasteiger partial charge in [-0.25, -0.2) is 0 Å². The number of rotatable bonds is 5. The number of benzene rings is 1. The summed E-state index contributed by atoms with van der Waals surface area (Å²) >= 11 is 0. The maximum absolute atomic E-state index is 12.9. The van der Waals surface area contributed by atoms with Crippen molar-refractivity contribution in [1.82, 2.24) is 20.0 Å². The Bertz CT molecular complexity index is 887. The van der Waals surface area contributed by atoms with E-state index < -0.39 is 0 Å². The molecule has 2 fully saturated rings. The van der Waals surface area contributed by atoms with Crippen LogP contribution in [-0.4, -0.2) is 96.5 Å². The molecule has 0 bridgehead atoms. The highest BCUT2D eigenvalue weighted by molar-refractivity contribution is 5.95. The Morgan fingerprint density at radius 3 is 1.97 bits per heavy atom. The Kier molecular flexibility index (Phi) is 6.67. The fraction of sp³-hybridized carbons (Fsp3) is 0.522. The van der Waals surface area contributed by atoms with Gasteiger partial charge in [-0.2, -0.15) is 0 Å². The van der Waals surface area contributed by atoms with Gasteiger partial charge in [0.2, 0.25) is 0 Å². The fourth-order valence-corrected chi connectivity index (χ4v) is 4.36. The molecule has 2 aliphatic heterocycles. The quantitative estimate of drug-likeness (QED) is 0.772. The lowest BCUT2D eigenvalue weighted by atomic mass is 10.0. The minimum atomic E-state index is 0.110. The largest absolute Gasteiger partial charge is 0.395 e. The summed E-state index contributed by atoms with van der Waals surface area (Å²) < 4.78 is 0. The van der Waals surface area contributed by atoms with Crippen molar-refractivity contribution >= 4 is 17.5 Å². The molecule has 4 rings (SSSR count). The highest BCUT2D eigenvalue weighted by atomic mass is 16.3. The molecule has 31 heavy (non-hydrogen) atoms. The number of aliphatic hydroxyl groups excluding tert-OH is 1. The molecule has 8 nitrogen and oxygen atoms in total. The maximum Gasteiger partial charge on any atom is 0.254 e. The summed E-state index contributed by atoms with van der Waals surface area (Å²) in [6.45, 7) is 11.5. The van der Waals surface area contributed by atoms with Crippen molar-refractivity contribution in [3.63, 3.8) is 0 Å². The molecule has 0 spiro atoms. The van der Waals surface area contributed by atoms with Crippen molar-refractivity contribution in [2.75, 3.05) is 75.3 Å². The number of hydrogen-bond donors (Lipinski definition) is 1. The van der Waals surface area contributed by atoms with E-state index in [2.05, 4.69) is 31.0 Å².